The van der Waals surface area contributed by atoms with Gasteiger partial charge in [-0.1, -0.05) is 0 Å². The normalized spacial score (nSPS) is 16.7. The minimum atomic E-state index is -1.53. The van der Waals surface area contributed by atoms with E-state index in [-0.39, 0.29) is 11.5 Å². The standard InChI is InChI=1S/C13H24N4O6S2/c1-5(15-11(20)7(14)3-24)10(19)16-8(4-25)12(21)17-9(6(2)18)13(22)23/h5-9,18,24-25H,3-4,14H2,1-2H3,(H,15,20)(H,16,19)(H,17,21)(H,22,23). The highest BCUT2D eigenvalue weighted by molar-refractivity contribution is 7.80. The van der Waals surface area contributed by atoms with Gasteiger partial charge in [-0.2, -0.15) is 25.3 Å². The molecule has 5 atom stereocenters. The van der Waals surface area contributed by atoms with E-state index in [1.54, 1.807) is 0 Å². The minimum absolute atomic E-state index is 0.0950. The summed E-state index contributed by atoms with van der Waals surface area (Å²) in [6.45, 7) is 2.59. The van der Waals surface area contributed by atoms with E-state index in [0.29, 0.717) is 0 Å². The lowest BCUT2D eigenvalue weighted by molar-refractivity contribution is -0.145. The third kappa shape index (κ3) is 7.94. The lowest BCUT2D eigenvalue weighted by Crippen LogP contribution is -2.58. The van der Waals surface area contributed by atoms with Crippen LogP contribution in [-0.4, -0.2) is 75.7 Å². The minimum Gasteiger partial charge on any atom is -0.480 e. The molecular formula is C13H24N4O6S2. The first-order valence-electron chi connectivity index (χ1n) is 7.34. The highest BCUT2D eigenvalue weighted by atomic mass is 32.1. The summed E-state index contributed by atoms with van der Waals surface area (Å²) in [4.78, 5) is 46.7. The van der Waals surface area contributed by atoms with Gasteiger partial charge in [-0.3, -0.25) is 14.4 Å². The molecule has 0 bridgehead atoms. The van der Waals surface area contributed by atoms with E-state index in [4.69, 9.17) is 10.8 Å². The van der Waals surface area contributed by atoms with Crippen LogP contribution in [0.3, 0.4) is 0 Å². The molecule has 25 heavy (non-hydrogen) atoms. The molecule has 0 heterocycles. The highest BCUT2D eigenvalue weighted by Gasteiger charge is 2.30. The number of carbonyl (C=O) groups is 4. The summed E-state index contributed by atoms with van der Waals surface area (Å²) < 4.78 is 0. The molecule has 0 fully saturated rings. The van der Waals surface area contributed by atoms with Gasteiger partial charge < -0.3 is 31.9 Å². The van der Waals surface area contributed by atoms with Crippen LogP contribution < -0.4 is 21.7 Å². The zero-order valence-electron chi connectivity index (χ0n) is 13.8. The zero-order valence-corrected chi connectivity index (χ0v) is 15.6. The summed E-state index contributed by atoms with van der Waals surface area (Å²) in [7, 11) is 0. The van der Waals surface area contributed by atoms with E-state index in [2.05, 4.69) is 41.2 Å². The molecule has 0 rings (SSSR count). The van der Waals surface area contributed by atoms with Gasteiger partial charge in [-0.05, 0) is 13.8 Å². The monoisotopic (exact) mass is 396 g/mol. The van der Waals surface area contributed by atoms with Crippen LogP contribution in [0.1, 0.15) is 13.8 Å². The molecule has 0 aliphatic rings. The fourth-order valence-electron chi connectivity index (χ4n) is 1.60. The van der Waals surface area contributed by atoms with Gasteiger partial charge in [0.15, 0.2) is 6.04 Å². The quantitative estimate of drug-likeness (QED) is 0.183. The van der Waals surface area contributed by atoms with Crippen molar-refractivity contribution < 1.29 is 29.4 Å². The number of rotatable bonds is 10. The van der Waals surface area contributed by atoms with E-state index in [9.17, 15) is 24.3 Å². The average molecular weight is 396 g/mol. The molecule has 0 aliphatic heterocycles. The van der Waals surface area contributed by atoms with Gasteiger partial charge in [-0.25, -0.2) is 4.79 Å². The van der Waals surface area contributed by atoms with Crippen LogP contribution in [0.25, 0.3) is 0 Å². The largest absolute Gasteiger partial charge is 0.480 e. The maximum Gasteiger partial charge on any atom is 0.328 e. The third-order valence-corrected chi connectivity index (χ3v) is 3.91. The second kappa shape index (κ2) is 11.2. The van der Waals surface area contributed by atoms with Crippen LogP contribution in [0, 0.1) is 0 Å². The Labute approximate surface area is 156 Å². The maximum atomic E-state index is 12.1. The van der Waals surface area contributed by atoms with E-state index in [0.717, 1.165) is 0 Å². The lowest BCUT2D eigenvalue weighted by atomic mass is 10.1. The molecule has 0 spiro atoms. The van der Waals surface area contributed by atoms with Gasteiger partial charge in [0.05, 0.1) is 12.1 Å². The predicted octanol–water partition coefficient (Wildman–Crippen LogP) is -2.89. The Morgan fingerprint density at radius 3 is 1.92 bits per heavy atom. The molecule has 3 amide bonds. The number of hydrogen-bond donors (Lipinski definition) is 8. The smallest absolute Gasteiger partial charge is 0.328 e. The number of carboxylic acid groups (broad SMARTS) is 1. The molecular weight excluding hydrogens is 372 g/mol. The Hall–Kier alpha value is -1.50. The van der Waals surface area contributed by atoms with Gasteiger partial charge in [0.25, 0.3) is 0 Å². The van der Waals surface area contributed by atoms with Crippen molar-refractivity contribution in [1.82, 2.24) is 16.0 Å². The van der Waals surface area contributed by atoms with Crippen molar-refractivity contribution in [1.29, 1.82) is 0 Å². The highest BCUT2D eigenvalue weighted by Crippen LogP contribution is 1.98. The number of aliphatic hydroxyl groups excluding tert-OH is 1. The van der Waals surface area contributed by atoms with E-state index in [1.807, 2.05) is 0 Å². The van der Waals surface area contributed by atoms with Crippen LogP contribution in [0.5, 0.6) is 0 Å². The van der Waals surface area contributed by atoms with Crippen LogP contribution in [0.2, 0.25) is 0 Å². The number of carboxylic acids is 1. The van der Waals surface area contributed by atoms with Gasteiger partial charge in [0, 0.05) is 11.5 Å². The molecule has 0 aromatic carbocycles. The SMILES string of the molecule is CC(NC(=O)C(N)CS)C(=O)NC(CS)C(=O)NC(C(=O)O)C(C)O. The Bertz CT molecular complexity index is 505. The molecule has 7 N–H and O–H groups in total. The second-order valence-corrected chi connectivity index (χ2v) is 6.06. The summed E-state index contributed by atoms with van der Waals surface area (Å²) in [5.74, 6) is -3.54. The third-order valence-electron chi connectivity index (χ3n) is 3.15. The molecule has 144 valence electrons. The first kappa shape index (κ1) is 23.5. The lowest BCUT2D eigenvalue weighted by Gasteiger charge is -2.23. The summed E-state index contributed by atoms with van der Waals surface area (Å²) in [6.07, 6.45) is -1.33. The van der Waals surface area contributed by atoms with Gasteiger partial charge in [0.2, 0.25) is 17.7 Å². The molecule has 0 aromatic rings. The molecule has 12 heteroatoms. The number of amides is 3. The van der Waals surface area contributed by atoms with E-state index < -0.39 is 54.0 Å². The van der Waals surface area contributed by atoms with Crippen molar-refractivity contribution in [3.63, 3.8) is 0 Å². The zero-order chi connectivity index (χ0) is 19.7. The van der Waals surface area contributed by atoms with Gasteiger partial charge >= 0.3 is 5.97 Å². The number of thiol groups is 2. The second-order valence-electron chi connectivity index (χ2n) is 5.33. The molecule has 0 aliphatic carbocycles. The van der Waals surface area contributed by atoms with Gasteiger partial charge in [-0.15, -0.1) is 0 Å². The molecule has 0 radical (unpaired) electrons. The first-order chi connectivity index (χ1) is 11.5. The van der Waals surface area contributed by atoms with Crippen molar-refractivity contribution in [2.24, 2.45) is 5.73 Å². The van der Waals surface area contributed by atoms with Crippen molar-refractivity contribution in [3.05, 3.63) is 0 Å². The Morgan fingerprint density at radius 2 is 1.52 bits per heavy atom. The molecule has 5 unspecified atom stereocenters. The summed E-state index contributed by atoms with van der Waals surface area (Å²) in [6, 6.07) is -4.56. The fourth-order valence-corrected chi connectivity index (χ4v) is 2.03. The molecule has 0 saturated carbocycles. The predicted molar refractivity (Wildman–Crippen MR) is 96.5 cm³/mol. The van der Waals surface area contributed by atoms with Crippen molar-refractivity contribution in [3.8, 4) is 0 Å². The van der Waals surface area contributed by atoms with Crippen LogP contribution in [0.4, 0.5) is 0 Å². The summed E-state index contributed by atoms with van der Waals surface area (Å²) in [5, 5.41) is 25.1. The number of hydrogen-bond acceptors (Lipinski definition) is 8. The molecule has 10 nitrogen and oxygen atoms in total. The van der Waals surface area contributed by atoms with E-state index in [1.165, 1.54) is 13.8 Å². The Balaban J connectivity index is 4.80. The van der Waals surface area contributed by atoms with E-state index >= 15 is 0 Å². The number of aliphatic hydroxyl groups is 1. The topological polar surface area (TPSA) is 171 Å². The Morgan fingerprint density at radius 1 is 0.960 bits per heavy atom. The van der Waals surface area contributed by atoms with Crippen molar-refractivity contribution in [2.45, 2.75) is 44.1 Å². The summed E-state index contributed by atoms with van der Waals surface area (Å²) >= 11 is 7.81. The number of carbonyl (C=O) groups excluding carboxylic acids is 3. The number of aliphatic carboxylic acids is 1. The number of nitrogens with one attached hydrogen (secondary N) is 3. The number of nitrogens with two attached hydrogens (primary N) is 1. The Kier molecular flexibility index (Phi) is 10.5. The van der Waals surface area contributed by atoms with Crippen molar-refractivity contribution >= 4 is 48.9 Å². The molecule has 0 aromatic heterocycles. The maximum absolute atomic E-state index is 12.1. The van der Waals surface area contributed by atoms with Crippen LogP contribution in [0.15, 0.2) is 0 Å². The average Bonchev–Trinajstić information content (AvgIpc) is 2.55. The fraction of sp³-hybridized carbons (Fsp3) is 0.692. The van der Waals surface area contributed by atoms with Crippen molar-refractivity contribution in [2.75, 3.05) is 11.5 Å². The summed E-state index contributed by atoms with van der Waals surface area (Å²) in [5.41, 5.74) is 5.48. The first-order valence-corrected chi connectivity index (χ1v) is 8.60. The molecule has 0 saturated heterocycles. The van der Waals surface area contributed by atoms with Gasteiger partial charge in [0.1, 0.15) is 12.1 Å². The van der Waals surface area contributed by atoms with Crippen LogP contribution in [-0.2, 0) is 19.2 Å². The van der Waals surface area contributed by atoms with Crippen LogP contribution >= 0.6 is 25.3 Å².